The molecule has 1 aliphatic carbocycles. The molecule has 1 unspecified atom stereocenters. The van der Waals surface area contributed by atoms with Crippen LogP contribution in [0.4, 0.5) is 0 Å². The van der Waals surface area contributed by atoms with Crippen LogP contribution in [0.2, 0.25) is 0 Å². The zero-order valence-corrected chi connectivity index (χ0v) is 13.2. The van der Waals surface area contributed by atoms with Gasteiger partial charge in [-0.25, -0.2) is 0 Å². The molecule has 0 heterocycles. The molecule has 0 spiro atoms. The van der Waals surface area contributed by atoms with Gasteiger partial charge in [0.1, 0.15) is 0 Å². The summed E-state index contributed by atoms with van der Waals surface area (Å²) in [7, 11) is 3.55. The van der Waals surface area contributed by atoms with Gasteiger partial charge < -0.3 is 14.8 Å². The van der Waals surface area contributed by atoms with Crippen LogP contribution in [-0.2, 0) is 9.47 Å². The van der Waals surface area contributed by atoms with Gasteiger partial charge in [-0.1, -0.05) is 13.8 Å². The molecular formula is C15H32N2O2. The molecule has 0 amide bonds. The SMILES string of the molecule is COCCCN(CCOC)C(CNC1CC1)C(C)C. The van der Waals surface area contributed by atoms with Crippen molar-refractivity contribution in [2.24, 2.45) is 5.92 Å². The molecule has 1 atom stereocenters. The monoisotopic (exact) mass is 272 g/mol. The van der Waals surface area contributed by atoms with Gasteiger partial charge in [0.25, 0.3) is 0 Å². The minimum atomic E-state index is 0.590. The van der Waals surface area contributed by atoms with Crippen LogP contribution in [0.5, 0.6) is 0 Å². The van der Waals surface area contributed by atoms with Gasteiger partial charge in [0.05, 0.1) is 6.61 Å². The van der Waals surface area contributed by atoms with E-state index in [1.807, 2.05) is 0 Å². The Morgan fingerprint density at radius 2 is 1.79 bits per heavy atom. The van der Waals surface area contributed by atoms with Gasteiger partial charge in [-0.2, -0.15) is 0 Å². The molecule has 0 radical (unpaired) electrons. The zero-order chi connectivity index (χ0) is 14.1. The van der Waals surface area contributed by atoms with E-state index in [1.165, 1.54) is 12.8 Å². The molecule has 114 valence electrons. The Morgan fingerprint density at radius 1 is 1.11 bits per heavy atom. The Kier molecular flexibility index (Phi) is 8.62. The van der Waals surface area contributed by atoms with Gasteiger partial charge >= 0.3 is 0 Å². The Morgan fingerprint density at radius 3 is 2.32 bits per heavy atom. The molecule has 0 aromatic heterocycles. The topological polar surface area (TPSA) is 33.7 Å². The van der Waals surface area contributed by atoms with E-state index in [9.17, 15) is 0 Å². The fraction of sp³-hybridized carbons (Fsp3) is 1.00. The van der Waals surface area contributed by atoms with Crippen molar-refractivity contribution in [3.63, 3.8) is 0 Å². The molecule has 19 heavy (non-hydrogen) atoms. The highest BCUT2D eigenvalue weighted by Gasteiger charge is 2.26. The summed E-state index contributed by atoms with van der Waals surface area (Å²) in [6, 6.07) is 1.37. The van der Waals surface area contributed by atoms with E-state index in [4.69, 9.17) is 9.47 Å². The lowest BCUT2D eigenvalue weighted by Gasteiger charge is -2.34. The Hall–Kier alpha value is -0.160. The van der Waals surface area contributed by atoms with Gasteiger partial charge in [-0.3, -0.25) is 4.90 Å². The highest BCUT2D eigenvalue weighted by atomic mass is 16.5. The maximum atomic E-state index is 5.25. The third-order valence-electron chi connectivity index (χ3n) is 3.81. The largest absolute Gasteiger partial charge is 0.385 e. The fourth-order valence-electron chi connectivity index (χ4n) is 2.43. The number of ether oxygens (including phenoxy) is 2. The van der Waals surface area contributed by atoms with E-state index in [2.05, 4.69) is 24.1 Å². The molecule has 1 aliphatic rings. The first-order valence-corrected chi connectivity index (χ1v) is 7.64. The average Bonchev–Trinajstić information content (AvgIpc) is 3.19. The first-order valence-electron chi connectivity index (χ1n) is 7.64. The summed E-state index contributed by atoms with van der Waals surface area (Å²) in [5.41, 5.74) is 0. The third-order valence-corrected chi connectivity index (χ3v) is 3.81. The number of nitrogens with one attached hydrogen (secondary N) is 1. The number of rotatable bonds is 12. The summed E-state index contributed by atoms with van der Waals surface area (Å²) in [4.78, 5) is 2.56. The molecule has 0 aromatic rings. The first kappa shape index (κ1) is 16.9. The van der Waals surface area contributed by atoms with Crippen LogP contribution in [0, 0.1) is 5.92 Å². The zero-order valence-electron chi connectivity index (χ0n) is 13.2. The van der Waals surface area contributed by atoms with Crippen LogP contribution in [0.1, 0.15) is 33.1 Å². The van der Waals surface area contributed by atoms with E-state index >= 15 is 0 Å². The van der Waals surface area contributed by atoms with Gasteiger partial charge in [-0.05, 0) is 25.2 Å². The van der Waals surface area contributed by atoms with Crippen LogP contribution in [-0.4, -0.2) is 64.1 Å². The lowest BCUT2D eigenvalue weighted by molar-refractivity contribution is 0.0879. The van der Waals surface area contributed by atoms with Crippen LogP contribution >= 0.6 is 0 Å². The maximum absolute atomic E-state index is 5.25. The quantitative estimate of drug-likeness (QED) is 0.549. The molecule has 0 bridgehead atoms. The third kappa shape index (κ3) is 7.25. The second kappa shape index (κ2) is 9.70. The minimum absolute atomic E-state index is 0.590. The minimum Gasteiger partial charge on any atom is -0.385 e. The van der Waals surface area contributed by atoms with Crippen LogP contribution in [0.3, 0.4) is 0 Å². The summed E-state index contributed by atoms with van der Waals surface area (Å²) in [6.45, 7) is 9.47. The van der Waals surface area contributed by atoms with Gasteiger partial charge in [0.2, 0.25) is 0 Å². The first-order chi connectivity index (χ1) is 9.19. The standard InChI is InChI=1S/C15H32N2O2/c1-13(2)15(12-16-14-6-7-14)17(9-11-19-4)8-5-10-18-3/h13-16H,5-12H2,1-4H3. The van der Waals surface area contributed by atoms with E-state index in [-0.39, 0.29) is 0 Å². The van der Waals surface area contributed by atoms with Crippen LogP contribution < -0.4 is 5.32 Å². The van der Waals surface area contributed by atoms with E-state index < -0.39 is 0 Å². The van der Waals surface area contributed by atoms with Crippen molar-refractivity contribution in [1.82, 2.24) is 10.2 Å². The van der Waals surface area contributed by atoms with Crippen molar-refractivity contribution in [3.05, 3.63) is 0 Å². The summed E-state index contributed by atoms with van der Waals surface area (Å²) in [5.74, 6) is 0.658. The molecule has 4 nitrogen and oxygen atoms in total. The number of hydrogen-bond acceptors (Lipinski definition) is 4. The Balaban J connectivity index is 2.42. The van der Waals surface area contributed by atoms with Gasteiger partial charge in [0.15, 0.2) is 0 Å². The molecule has 1 rings (SSSR count). The van der Waals surface area contributed by atoms with Crippen LogP contribution in [0.25, 0.3) is 0 Å². The van der Waals surface area contributed by atoms with Crippen molar-refractivity contribution in [1.29, 1.82) is 0 Å². The highest BCUT2D eigenvalue weighted by Crippen LogP contribution is 2.20. The molecular weight excluding hydrogens is 240 g/mol. The molecule has 0 aromatic carbocycles. The van der Waals surface area contributed by atoms with Gasteiger partial charge in [0, 0.05) is 52.5 Å². The lowest BCUT2D eigenvalue weighted by Crippen LogP contribution is -2.48. The van der Waals surface area contributed by atoms with E-state index in [1.54, 1.807) is 14.2 Å². The number of hydrogen-bond donors (Lipinski definition) is 1. The molecule has 0 saturated heterocycles. The normalized spacial score (nSPS) is 17.4. The molecule has 0 aliphatic heterocycles. The number of methoxy groups -OCH3 is 2. The van der Waals surface area contributed by atoms with Gasteiger partial charge in [-0.15, -0.1) is 0 Å². The van der Waals surface area contributed by atoms with Crippen molar-refractivity contribution >= 4 is 0 Å². The smallest absolute Gasteiger partial charge is 0.0589 e. The Bertz CT molecular complexity index is 220. The molecule has 1 saturated carbocycles. The van der Waals surface area contributed by atoms with Crippen molar-refractivity contribution in [3.8, 4) is 0 Å². The number of nitrogens with zero attached hydrogens (tertiary/aromatic N) is 1. The second-order valence-electron chi connectivity index (χ2n) is 5.87. The average molecular weight is 272 g/mol. The van der Waals surface area contributed by atoms with Crippen molar-refractivity contribution < 1.29 is 9.47 Å². The molecule has 4 heteroatoms. The molecule has 1 fully saturated rings. The van der Waals surface area contributed by atoms with Crippen molar-refractivity contribution in [2.75, 3.05) is 47.1 Å². The Labute approximate surface area is 118 Å². The summed E-state index contributed by atoms with van der Waals surface area (Å²) >= 11 is 0. The lowest BCUT2D eigenvalue weighted by atomic mass is 10.0. The molecule has 1 N–H and O–H groups in total. The summed E-state index contributed by atoms with van der Waals surface area (Å²) < 4.78 is 10.4. The van der Waals surface area contributed by atoms with E-state index in [0.29, 0.717) is 12.0 Å². The van der Waals surface area contributed by atoms with E-state index in [0.717, 1.165) is 45.3 Å². The second-order valence-corrected chi connectivity index (χ2v) is 5.87. The highest BCUT2D eigenvalue weighted by molar-refractivity contribution is 4.85. The predicted octanol–water partition coefficient (Wildman–Crippen LogP) is 1.75. The summed E-state index contributed by atoms with van der Waals surface area (Å²) in [6.07, 6.45) is 3.80. The fourth-order valence-corrected chi connectivity index (χ4v) is 2.43. The maximum Gasteiger partial charge on any atom is 0.0589 e. The van der Waals surface area contributed by atoms with Crippen LogP contribution in [0.15, 0.2) is 0 Å². The summed E-state index contributed by atoms with van der Waals surface area (Å²) in [5, 5.41) is 3.67. The predicted molar refractivity (Wildman–Crippen MR) is 79.6 cm³/mol. The van der Waals surface area contributed by atoms with Crippen molar-refractivity contribution in [2.45, 2.75) is 45.2 Å².